The van der Waals surface area contributed by atoms with Crippen LogP contribution < -0.4 is 5.32 Å². The number of hydrogen-bond donors (Lipinski definition) is 2. The highest BCUT2D eigenvalue weighted by molar-refractivity contribution is 9.10. The Morgan fingerprint density at radius 3 is 2.62 bits per heavy atom. The molecule has 0 heterocycles. The summed E-state index contributed by atoms with van der Waals surface area (Å²) in [4.78, 5) is 0. The number of phenols is 1. The van der Waals surface area contributed by atoms with Gasteiger partial charge in [-0.3, -0.25) is 0 Å². The lowest BCUT2D eigenvalue weighted by molar-refractivity contribution is 0.474. The van der Waals surface area contributed by atoms with Crippen LogP contribution in [0.4, 0.5) is 0 Å². The Bertz CT molecular complexity index is 586. The third-order valence-electron chi connectivity index (χ3n) is 3.45. The van der Waals surface area contributed by atoms with Crippen LogP contribution in [-0.2, 0) is 13.0 Å². The molecule has 2 aromatic carbocycles. The van der Waals surface area contributed by atoms with Crippen molar-refractivity contribution in [2.24, 2.45) is 0 Å². The third kappa shape index (κ3) is 5.34. The minimum Gasteiger partial charge on any atom is -0.508 e. The van der Waals surface area contributed by atoms with Gasteiger partial charge in [0.05, 0.1) is 0 Å². The Hall–Kier alpha value is -1.03. The molecule has 2 aromatic rings. The Balaban J connectivity index is 1.80. The van der Waals surface area contributed by atoms with Gasteiger partial charge in [-0.25, -0.2) is 0 Å². The van der Waals surface area contributed by atoms with Crippen molar-refractivity contribution in [3.8, 4) is 5.75 Å². The first kappa shape index (κ1) is 16.3. The molecule has 2 N–H and O–H groups in total. The average molecular weight is 369 g/mol. The van der Waals surface area contributed by atoms with Crippen molar-refractivity contribution in [1.82, 2.24) is 5.32 Å². The highest BCUT2D eigenvalue weighted by atomic mass is 79.9. The van der Waals surface area contributed by atoms with E-state index >= 15 is 0 Å². The van der Waals surface area contributed by atoms with E-state index in [-0.39, 0.29) is 0 Å². The van der Waals surface area contributed by atoms with Crippen molar-refractivity contribution in [3.63, 3.8) is 0 Å². The first-order chi connectivity index (χ1) is 10.0. The zero-order valence-corrected chi connectivity index (χ0v) is 14.3. The van der Waals surface area contributed by atoms with Crippen LogP contribution in [0.3, 0.4) is 0 Å². The smallest absolute Gasteiger partial charge is 0.115 e. The normalized spacial score (nSPS) is 12.3. The summed E-state index contributed by atoms with van der Waals surface area (Å²) >= 11 is 9.65. The Morgan fingerprint density at radius 2 is 1.90 bits per heavy atom. The summed E-state index contributed by atoms with van der Waals surface area (Å²) in [5.41, 5.74) is 2.34. The third-order valence-corrected chi connectivity index (χ3v) is 4.31. The van der Waals surface area contributed by atoms with Gasteiger partial charge in [0.2, 0.25) is 0 Å². The first-order valence-corrected chi connectivity index (χ1v) is 8.17. The minimum absolute atomic E-state index is 0.314. The van der Waals surface area contributed by atoms with Crippen molar-refractivity contribution in [3.05, 3.63) is 63.1 Å². The number of halogens is 2. The molecule has 0 aliphatic heterocycles. The number of benzene rings is 2. The van der Waals surface area contributed by atoms with Gasteiger partial charge in [0.15, 0.2) is 0 Å². The zero-order valence-electron chi connectivity index (χ0n) is 11.9. The van der Waals surface area contributed by atoms with E-state index in [1.807, 2.05) is 30.3 Å². The molecule has 1 atom stereocenters. The number of phenolic OH excluding ortho intramolecular Hbond substituents is 1. The number of aryl methyl sites for hydroxylation is 1. The monoisotopic (exact) mass is 367 g/mol. The molecular formula is C17H19BrClNO. The van der Waals surface area contributed by atoms with Gasteiger partial charge in [-0.15, -0.1) is 0 Å². The fourth-order valence-electron chi connectivity index (χ4n) is 2.11. The second-order valence-electron chi connectivity index (χ2n) is 5.22. The number of rotatable bonds is 6. The Morgan fingerprint density at radius 1 is 1.19 bits per heavy atom. The van der Waals surface area contributed by atoms with Crippen molar-refractivity contribution < 1.29 is 5.11 Å². The molecule has 1 unspecified atom stereocenters. The van der Waals surface area contributed by atoms with Gasteiger partial charge in [-0.2, -0.15) is 0 Å². The van der Waals surface area contributed by atoms with Crippen LogP contribution in [0, 0.1) is 0 Å². The molecule has 0 saturated carbocycles. The maximum Gasteiger partial charge on any atom is 0.115 e. The molecular weight excluding hydrogens is 350 g/mol. The minimum atomic E-state index is 0.314. The number of aromatic hydroxyl groups is 1. The number of hydrogen-bond acceptors (Lipinski definition) is 2. The molecule has 0 saturated heterocycles. The lowest BCUT2D eigenvalue weighted by Crippen LogP contribution is -2.26. The molecule has 2 rings (SSSR count). The van der Waals surface area contributed by atoms with Gasteiger partial charge in [-0.1, -0.05) is 39.7 Å². The van der Waals surface area contributed by atoms with Gasteiger partial charge >= 0.3 is 0 Å². The van der Waals surface area contributed by atoms with Gasteiger partial charge in [0.25, 0.3) is 0 Å². The standard InChI is InChI=1S/C17H19BrClNO/c1-12(2-3-13-4-7-16(21)8-5-13)20-11-14-10-15(18)6-9-17(14)19/h4-10,12,20-21H,2-3,11H2,1H3. The van der Waals surface area contributed by atoms with Gasteiger partial charge < -0.3 is 10.4 Å². The molecule has 0 amide bonds. The van der Waals surface area contributed by atoms with Crippen LogP contribution in [0.1, 0.15) is 24.5 Å². The van der Waals surface area contributed by atoms with Crippen molar-refractivity contribution in [2.75, 3.05) is 0 Å². The van der Waals surface area contributed by atoms with Crippen LogP contribution in [0.5, 0.6) is 5.75 Å². The maximum absolute atomic E-state index is 9.26. The summed E-state index contributed by atoms with van der Waals surface area (Å²) in [7, 11) is 0. The predicted octanol–water partition coefficient (Wildman–Crippen LogP) is 4.92. The maximum atomic E-state index is 9.26. The second-order valence-corrected chi connectivity index (χ2v) is 6.55. The van der Waals surface area contributed by atoms with E-state index in [2.05, 4.69) is 28.2 Å². The summed E-state index contributed by atoms with van der Waals surface area (Å²) in [6, 6.07) is 13.7. The largest absolute Gasteiger partial charge is 0.508 e. The first-order valence-electron chi connectivity index (χ1n) is 7.00. The van der Waals surface area contributed by atoms with Crippen LogP contribution in [0.25, 0.3) is 0 Å². The molecule has 2 nitrogen and oxygen atoms in total. The van der Waals surface area contributed by atoms with Crippen LogP contribution >= 0.6 is 27.5 Å². The fraction of sp³-hybridized carbons (Fsp3) is 0.294. The second kappa shape index (κ2) is 7.83. The van der Waals surface area contributed by atoms with Gasteiger partial charge in [0, 0.05) is 22.1 Å². The fourth-order valence-corrected chi connectivity index (χ4v) is 2.70. The van der Waals surface area contributed by atoms with E-state index in [1.165, 1.54) is 5.56 Å². The van der Waals surface area contributed by atoms with Gasteiger partial charge in [0.1, 0.15) is 5.75 Å². The zero-order chi connectivity index (χ0) is 15.2. The van der Waals surface area contributed by atoms with Crippen LogP contribution in [0.15, 0.2) is 46.9 Å². The van der Waals surface area contributed by atoms with Crippen LogP contribution in [0.2, 0.25) is 5.02 Å². The average Bonchev–Trinajstić information content (AvgIpc) is 2.47. The quantitative estimate of drug-likeness (QED) is 0.758. The molecule has 0 aromatic heterocycles. The van der Waals surface area contributed by atoms with E-state index in [4.69, 9.17) is 11.6 Å². The summed E-state index contributed by atoms with van der Waals surface area (Å²) in [5, 5.41) is 13.5. The van der Waals surface area contributed by atoms with Crippen molar-refractivity contribution in [2.45, 2.75) is 32.4 Å². The lowest BCUT2D eigenvalue weighted by Gasteiger charge is -2.15. The molecule has 21 heavy (non-hydrogen) atoms. The molecule has 112 valence electrons. The highest BCUT2D eigenvalue weighted by Gasteiger charge is 2.05. The topological polar surface area (TPSA) is 32.3 Å². The van der Waals surface area contributed by atoms with Crippen molar-refractivity contribution in [1.29, 1.82) is 0 Å². The molecule has 0 bridgehead atoms. The summed E-state index contributed by atoms with van der Waals surface area (Å²) in [5.74, 6) is 0.314. The Kier molecular flexibility index (Phi) is 6.09. The lowest BCUT2D eigenvalue weighted by atomic mass is 10.1. The van der Waals surface area contributed by atoms with E-state index < -0.39 is 0 Å². The summed E-state index contributed by atoms with van der Waals surface area (Å²) < 4.78 is 1.04. The summed E-state index contributed by atoms with van der Waals surface area (Å²) in [6.07, 6.45) is 2.02. The molecule has 0 spiro atoms. The van der Waals surface area contributed by atoms with E-state index in [9.17, 15) is 5.11 Å². The van der Waals surface area contributed by atoms with E-state index in [1.54, 1.807) is 12.1 Å². The van der Waals surface area contributed by atoms with E-state index in [0.29, 0.717) is 11.8 Å². The highest BCUT2D eigenvalue weighted by Crippen LogP contribution is 2.21. The Labute approximate surface area is 139 Å². The number of nitrogens with one attached hydrogen (secondary N) is 1. The summed E-state index contributed by atoms with van der Waals surface area (Å²) in [6.45, 7) is 2.93. The molecule has 0 aliphatic rings. The van der Waals surface area contributed by atoms with E-state index in [0.717, 1.165) is 34.4 Å². The predicted molar refractivity (Wildman–Crippen MR) is 91.9 cm³/mol. The SMILES string of the molecule is CC(CCc1ccc(O)cc1)NCc1cc(Br)ccc1Cl. The van der Waals surface area contributed by atoms with Crippen LogP contribution in [-0.4, -0.2) is 11.1 Å². The molecule has 0 radical (unpaired) electrons. The van der Waals surface area contributed by atoms with Gasteiger partial charge in [-0.05, 0) is 61.2 Å². The molecule has 4 heteroatoms. The molecule has 0 fully saturated rings. The molecule has 0 aliphatic carbocycles. The van der Waals surface area contributed by atoms with Crippen molar-refractivity contribution >= 4 is 27.5 Å².